The van der Waals surface area contributed by atoms with E-state index in [1.807, 2.05) is 6.92 Å². The Kier molecular flexibility index (Phi) is 4.32. The molecule has 0 aliphatic heterocycles. The molecule has 1 N–H and O–H groups in total. The van der Waals surface area contributed by atoms with Gasteiger partial charge in [-0.05, 0) is 36.2 Å². The molecule has 114 valence electrons. The first-order valence-corrected chi connectivity index (χ1v) is 6.36. The summed E-state index contributed by atoms with van der Waals surface area (Å²) in [5.41, 5.74) is -0.547. The zero-order chi connectivity index (χ0) is 15.6. The summed E-state index contributed by atoms with van der Waals surface area (Å²) in [5, 5.41) is 14.0. The van der Waals surface area contributed by atoms with E-state index in [4.69, 9.17) is 0 Å². The largest absolute Gasteiger partial charge is 0.416 e. The number of aromatic nitrogens is 2. The van der Waals surface area contributed by atoms with Gasteiger partial charge in [0, 0.05) is 19.2 Å². The second-order valence-electron chi connectivity index (χ2n) is 4.70. The maximum atomic E-state index is 13.3. The molecule has 1 aromatic heterocycles. The fourth-order valence-corrected chi connectivity index (χ4v) is 1.99. The molecule has 0 saturated carbocycles. The number of benzene rings is 1. The van der Waals surface area contributed by atoms with E-state index in [1.54, 1.807) is 10.9 Å². The van der Waals surface area contributed by atoms with Crippen molar-refractivity contribution in [3.63, 3.8) is 0 Å². The lowest BCUT2D eigenvalue weighted by Gasteiger charge is -2.13. The van der Waals surface area contributed by atoms with Gasteiger partial charge in [0.15, 0.2) is 0 Å². The molecule has 0 aliphatic carbocycles. The van der Waals surface area contributed by atoms with Crippen LogP contribution in [-0.2, 0) is 19.1 Å². The summed E-state index contributed by atoms with van der Waals surface area (Å²) in [7, 11) is 0. The van der Waals surface area contributed by atoms with Gasteiger partial charge in [0.2, 0.25) is 0 Å². The Labute approximate surface area is 118 Å². The maximum Gasteiger partial charge on any atom is 0.416 e. The van der Waals surface area contributed by atoms with E-state index in [-0.39, 0.29) is 12.0 Å². The van der Waals surface area contributed by atoms with Crippen molar-refractivity contribution in [1.29, 1.82) is 0 Å². The minimum absolute atomic E-state index is 0.0702. The van der Waals surface area contributed by atoms with Crippen LogP contribution in [-0.4, -0.2) is 14.9 Å². The number of aliphatic hydroxyl groups excluding tert-OH is 1. The van der Waals surface area contributed by atoms with Crippen molar-refractivity contribution in [2.45, 2.75) is 32.2 Å². The van der Waals surface area contributed by atoms with E-state index in [0.717, 1.165) is 12.1 Å². The first-order valence-electron chi connectivity index (χ1n) is 6.36. The lowest BCUT2D eigenvalue weighted by Crippen LogP contribution is -2.09. The Balaban J connectivity index is 2.22. The monoisotopic (exact) mass is 302 g/mol. The zero-order valence-electron chi connectivity index (χ0n) is 11.2. The molecule has 0 bridgehead atoms. The highest BCUT2D eigenvalue weighted by Gasteiger charge is 2.32. The van der Waals surface area contributed by atoms with Gasteiger partial charge in [-0.1, -0.05) is 0 Å². The van der Waals surface area contributed by atoms with Crippen LogP contribution in [0.5, 0.6) is 0 Å². The van der Waals surface area contributed by atoms with Gasteiger partial charge in [0.25, 0.3) is 0 Å². The van der Waals surface area contributed by atoms with E-state index in [0.29, 0.717) is 18.2 Å². The molecular formula is C14H14F4N2O. The van der Waals surface area contributed by atoms with E-state index in [2.05, 4.69) is 5.10 Å². The predicted octanol–water partition coefficient (Wildman–Crippen LogP) is 3.34. The normalized spacial score (nSPS) is 13.4. The van der Waals surface area contributed by atoms with Crippen LogP contribution < -0.4 is 0 Å². The van der Waals surface area contributed by atoms with Gasteiger partial charge in [0.05, 0.1) is 17.9 Å². The molecule has 2 rings (SSSR count). The number of rotatable bonds is 4. The Morgan fingerprint density at radius 3 is 2.57 bits per heavy atom. The van der Waals surface area contributed by atoms with Crippen LogP contribution in [0.25, 0.3) is 0 Å². The van der Waals surface area contributed by atoms with Crippen molar-refractivity contribution in [2.75, 3.05) is 0 Å². The lowest BCUT2D eigenvalue weighted by molar-refractivity contribution is -0.137. The average molecular weight is 302 g/mol. The average Bonchev–Trinajstić information content (AvgIpc) is 2.84. The van der Waals surface area contributed by atoms with Crippen molar-refractivity contribution >= 4 is 0 Å². The fraction of sp³-hybridized carbons (Fsp3) is 0.357. The molecule has 3 nitrogen and oxygen atoms in total. The molecular weight excluding hydrogens is 288 g/mol. The van der Waals surface area contributed by atoms with Gasteiger partial charge in [-0.25, -0.2) is 4.39 Å². The van der Waals surface area contributed by atoms with Crippen LogP contribution in [0.2, 0.25) is 0 Å². The Morgan fingerprint density at radius 2 is 2.00 bits per heavy atom. The SMILES string of the molecule is CCn1cc(CC(O)c2cc(F)cc(C(F)(F)F)c2)cn1. The molecule has 1 aromatic carbocycles. The minimum atomic E-state index is -4.65. The van der Waals surface area contributed by atoms with Crippen molar-refractivity contribution in [1.82, 2.24) is 9.78 Å². The molecule has 0 fully saturated rings. The molecule has 21 heavy (non-hydrogen) atoms. The molecule has 0 spiro atoms. The zero-order valence-corrected chi connectivity index (χ0v) is 11.2. The van der Waals surface area contributed by atoms with Gasteiger partial charge < -0.3 is 5.11 Å². The third kappa shape index (κ3) is 3.81. The summed E-state index contributed by atoms with van der Waals surface area (Å²) in [5.74, 6) is -1.02. The van der Waals surface area contributed by atoms with Crippen LogP contribution >= 0.6 is 0 Å². The highest BCUT2D eigenvalue weighted by Crippen LogP contribution is 2.32. The highest BCUT2D eigenvalue weighted by molar-refractivity contribution is 5.29. The van der Waals surface area contributed by atoms with Crippen LogP contribution in [0.3, 0.4) is 0 Å². The summed E-state index contributed by atoms with van der Waals surface area (Å²) in [6.45, 7) is 2.53. The topological polar surface area (TPSA) is 38.0 Å². The van der Waals surface area contributed by atoms with Gasteiger partial charge in [-0.3, -0.25) is 4.68 Å². The Bertz CT molecular complexity index is 622. The number of hydrogen-bond donors (Lipinski definition) is 1. The fourth-order valence-electron chi connectivity index (χ4n) is 1.99. The van der Waals surface area contributed by atoms with Crippen molar-refractivity contribution in [3.8, 4) is 0 Å². The van der Waals surface area contributed by atoms with Crippen LogP contribution in [0.1, 0.15) is 29.7 Å². The molecule has 1 atom stereocenters. The number of aryl methyl sites for hydroxylation is 1. The Morgan fingerprint density at radius 1 is 1.29 bits per heavy atom. The standard InChI is InChI=1S/C14H14F4N2O/c1-2-20-8-9(7-19-20)3-13(21)10-4-11(14(16,17)18)6-12(15)5-10/h4-8,13,21H,2-3H2,1H3. The molecule has 0 saturated heterocycles. The summed E-state index contributed by atoms with van der Waals surface area (Å²) in [4.78, 5) is 0. The molecule has 1 heterocycles. The highest BCUT2D eigenvalue weighted by atomic mass is 19.4. The summed E-state index contributed by atoms with van der Waals surface area (Å²) >= 11 is 0. The first-order chi connectivity index (χ1) is 9.79. The van der Waals surface area contributed by atoms with E-state index >= 15 is 0 Å². The van der Waals surface area contributed by atoms with Crippen LogP contribution in [0, 0.1) is 5.82 Å². The number of aliphatic hydroxyl groups is 1. The first kappa shape index (κ1) is 15.5. The van der Waals surface area contributed by atoms with E-state index < -0.39 is 23.7 Å². The molecule has 0 amide bonds. The van der Waals surface area contributed by atoms with Gasteiger partial charge in [-0.2, -0.15) is 18.3 Å². The summed E-state index contributed by atoms with van der Waals surface area (Å²) in [6, 6.07) is 2.08. The number of hydrogen-bond acceptors (Lipinski definition) is 2. The van der Waals surface area contributed by atoms with Crippen molar-refractivity contribution < 1.29 is 22.7 Å². The van der Waals surface area contributed by atoms with Crippen molar-refractivity contribution in [3.05, 3.63) is 53.1 Å². The summed E-state index contributed by atoms with van der Waals surface area (Å²) < 4.78 is 52.8. The molecule has 0 radical (unpaired) electrons. The number of nitrogens with zero attached hydrogens (tertiary/aromatic N) is 2. The molecule has 7 heteroatoms. The molecule has 1 unspecified atom stereocenters. The molecule has 2 aromatic rings. The quantitative estimate of drug-likeness (QED) is 0.880. The Hall–Kier alpha value is -1.89. The predicted molar refractivity (Wildman–Crippen MR) is 68.0 cm³/mol. The second-order valence-corrected chi connectivity index (χ2v) is 4.70. The van der Waals surface area contributed by atoms with Crippen molar-refractivity contribution in [2.24, 2.45) is 0 Å². The van der Waals surface area contributed by atoms with E-state index in [1.165, 1.54) is 6.20 Å². The smallest absolute Gasteiger partial charge is 0.388 e. The van der Waals surface area contributed by atoms with Crippen LogP contribution in [0.15, 0.2) is 30.6 Å². The van der Waals surface area contributed by atoms with Gasteiger partial charge in [0.1, 0.15) is 5.82 Å². The third-order valence-corrected chi connectivity index (χ3v) is 3.07. The number of alkyl halides is 3. The van der Waals surface area contributed by atoms with E-state index in [9.17, 15) is 22.7 Å². The number of halogens is 4. The van der Waals surface area contributed by atoms with Gasteiger partial charge >= 0.3 is 6.18 Å². The third-order valence-electron chi connectivity index (χ3n) is 3.07. The van der Waals surface area contributed by atoms with Crippen LogP contribution in [0.4, 0.5) is 17.6 Å². The second kappa shape index (κ2) is 5.85. The van der Waals surface area contributed by atoms with Gasteiger partial charge in [-0.15, -0.1) is 0 Å². The molecule has 0 aliphatic rings. The summed E-state index contributed by atoms with van der Waals surface area (Å²) in [6.07, 6.45) is -2.59. The minimum Gasteiger partial charge on any atom is -0.388 e. The maximum absolute atomic E-state index is 13.3. The lowest BCUT2D eigenvalue weighted by atomic mass is 10.0.